The molecule has 0 bridgehead atoms. The fourth-order valence-corrected chi connectivity index (χ4v) is 19.8. The number of hydrogen-bond donors (Lipinski definition) is 0. The van der Waals surface area contributed by atoms with E-state index in [1.165, 1.54) is 0 Å². The summed E-state index contributed by atoms with van der Waals surface area (Å²) in [6, 6.07) is -7.89. The Morgan fingerprint density at radius 2 is 0.138 bits per heavy atom. The van der Waals surface area contributed by atoms with Crippen molar-refractivity contribution in [1.29, 1.82) is 0 Å². The van der Waals surface area contributed by atoms with Crippen LogP contribution >= 0.6 is 23.8 Å². The Balaban J connectivity index is 0.000000299. The molecule has 0 amide bonds. The summed E-state index contributed by atoms with van der Waals surface area (Å²) in [5.41, 5.74) is -39.2. The topological polar surface area (TPSA) is 0 Å². The summed E-state index contributed by atoms with van der Waals surface area (Å²) >= 11 is 0. The molecule has 0 nitrogen and oxygen atoms in total. The molecule has 0 saturated heterocycles. The van der Waals surface area contributed by atoms with Crippen LogP contribution in [0.5, 0.6) is 0 Å². The van der Waals surface area contributed by atoms with Crippen LogP contribution in [-0.2, 0) is 128 Å². The molecule has 0 aliphatic carbocycles. The van der Waals surface area contributed by atoms with Gasteiger partial charge in [-0.25, -0.2) is 0 Å². The maximum Gasteiger partial charge on any atom is 0.416 e. The van der Waals surface area contributed by atoms with Crippen molar-refractivity contribution < 1.29 is 254 Å². The van der Waals surface area contributed by atoms with Crippen molar-refractivity contribution in [3.63, 3.8) is 0 Å². The number of halogens is 54. The van der Waals surface area contributed by atoms with Gasteiger partial charge >= 0.3 is 111 Å². The Morgan fingerprint density at radius 3 is 0.177 bits per heavy atom. The van der Waals surface area contributed by atoms with E-state index < -0.39 is 337 Å². The summed E-state index contributed by atoms with van der Waals surface area (Å²) in [4.78, 5) is 0. The summed E-state index contributed by atoms with van der Waals surface area (Å²) < 4.78 is 731. The number of benzene rings is 9. The molecule has 0 radical (unpaired) electrons. The maximum absolute atomic E-state index is 13.5. The Labute approximate surface area is 698 Å². The Morgan fingerprint density at radius 1 is 0.0923 bits per heavy atom. The third-order valence-electron chi connectivity index (χ3n) is 16.9. The number of hydrogen-bond acceptors (Lipinski definition) is 0. The van der Waals surface area contributed by atoms with Gasteiger partial charge in [0.25, 0.3) is 0 Å². The van der Waals surface area contributed by atoms with Gasteiger partial charge in [-0.05, 0) is 164 Å². The van der Waals surface area contributed by atoms with Crippen molar-refractivity contribution in [1.82, 2.24) is 0 Å². The van der Waals surface area contributed by atoms with E-state index >= 15 is 0 Å². The van der Waals surface area contributed by atoms with Gasteiger partial charge in [-0.1, -0.05) is 0 Å². The average molecular weight is 2070 g/mol. The first-order chi connectivity index (χ1) is 57.2. The monoisotopic (exact) mass is 2070 g/mol. The summed E-state index contributed by atoms with van der Waals surface area (Å²) in [7, 11) is -13.1. The molecular formula is C72H30F54NiP3+3. The first-order valence-corrected chi connectivity index (χ1v) is 37.0. The fraction of sp³-hybridized carbons (Fsp3) is 0.250. The van der Waals surface area contributed by atoms with Crippen molar-refractivity contribution in [3.8, 4) is 0 Å². The van der Waals surface area contributed by atoms with Crippen molar-refractivity contribution >= 4 is 71.5 Å². The minimum atomic E-state index is -5.65. The average Bonchev–Trinajstić information content (AvgIpc) is 0.759. The van der Waals surface area contributed by atoms with E-state index in [0.717, 1.165) is 0 Å². The van der Waals surface area contributed by atoms with Gasteiger partial charge in [0.1, 0.15) is 47.7 Å². The molecule has 0 saturated carbocycles. The van der Waals surface area contributed by atoms with Gasteiger partial charge in [0.2, 0.25) is 0 Å². The molecule has 9 rings (SSSR count). The molecule has 0 fully saturated rings. The van der Waals surface area contributed by atoms with E-state index in [-0.39, 0.29) is 126 Å². The summed E-state index contributed by atoms with van der Waals surface area (Å²) in [5, 5.41) is -12.7. The van der Waals surface area contributed by atoms with E-state index in [4.69, 9.17) is 0 Å². The van der Waals surface area contributed by atoms with Crippen molar-refractivity contribution in [2.75, 3.05) is 0 Å². The first kappa shape index (κ1) is 110. The molecule has 0 spiro atoms. The minimum absolute atomic E-state index is 0. The molecule has 0 aliphatic rings. The van der Waals surface area contributed by atoms with E-state index in [0.29, 0.717) is 0 Å². The Kier molecular flexibility index (Phi) is 30.7. The normalized spacial score (nSPS) is 13.9. The Hall–Kier alpha value is -9.02. The van der Waals surface area contributed by atoms with Crippen LogP contribution in [0.4, 0.5) is 237 Å². The third-order valence-corrected chi connectivity index (χ3v) is 24.7. The van der Waals surface area contributed by atoms with Gasteiger partial charge in [0.15, 0.2) is 0 Å². The second-order valence-corrected chi connectivity index (χ2v) is 33.7. The zero-order valence-electron chi connectivity index (χ0n) is 60.3. The molecule has 9 aromatic carbocycles. The smallest absolute Gasteiger partial charge is 0.166 e. The predicted molar refractivity (Wildman–Crippen MR) is 350 cm³/mol. The van der Waals surface area contributed by atoms with Crippen LogP contribution in [0.2, 0.25) is 0 Å². The molecule has 0 aromatic heterocycles. The van der Waals surface area contributed by atoms with Crippen LogP contribution in [0.25, 0.3) is 0 Å². The van der Waals surface area contributed by atoms with Crippen LogP contribution in [0.15, 0.2) is 164 Å². The van der Waals surface area contributed by atoms with Gasteiger partial charge < -0.3 is 0 Å². The largest absolute Gasteiger partial charge is 0.416 e. The van der Waals surface area contributed by atoms with Crippen molar-refractivity contribution in [3.05, 3.63) is 264 Å². The zero-order valence-corrected chi connectivity index (χ0v) is 64.3. The number of alkyl halides is 54. The summed E-state index contributed by atoms with van der Waals surface area (Å²) in [5.74, 6) is 0. The molecule has 718 valence electrons. The molecule has 0 N–H and O–H groups in total. The van der Waals surface area contributed by atoms with Crippen LogP contribution in [0, 0.1) is 0 Å². The van der Waals surface area contributed by atoms with Crippen LogP contribution < -0.4 is 47.7 Å². The molecule has 0 unspecified atom stereocenters. The second-order valence-electron chi connectivity index (χ2n) is 26.3. The summed E-state index contributed by atoms with van der Waals surface area (Å²) in [6.07, 6.45) is -102. The molecule has 58 heteroatoms. The standard InChI is InChI=1S/3C24H9F18P.Ni/c3*25-19(26,27)10-1-11(20(28,29)30)5-16(4-10)43(17-6-12(21(31,32)33)2-13(7-17)22(34,35)36)18-8-14(23(37,38)39)3-15(9-18)24(40,41)42;/h3*1-9H;/p+3. The fourth-order valence-electron chi connectivity index (χ4n) is 11.4. The van der Waals surface area contributed by atoms with Gasteiger partial charge in [0.05, 0.1) is 124 Å². The number of rotatable bonds is 9. The predicted octanol–water partition coefficient (Wildman–Crippen LogP) is 27.9. The molecule has 0 atom stereocenters. The van der Waals surface area contributed by atoms with Crippen molar-refractivity contribution in [2.24, 2.45) is 0 Å². The van der Waals surface area contributed by atoms with E-state index in [2.05, 4.69) is 0 Å². The maximum atomic E-state index is 13.5. The third kappa shape index (κ3) is 28.1. The van der Waals surface area contributed by atoms with Gasteiger partial charge in [-0.3, -0.25) is 0 Å². The molecule has 0 heterocycles. The van der Waals surface area contributed by atoms with E-state index in [1.54, 1.807) is 0 Å². The van der Waals surface area contributed by atoms with Gasteiger partial charge in [-0.2, -0.15) is 237 Å². The van der Waals surface area contributed by atoms with Crippen molar-refractivity contribution in [2.45, 2.75) is 111 Å². The summed E-state index contributed by atoms with van der Waals surface area (Å²) in [6.45, 7) is 0. The van der Waals surface area contributed by atoms with E-state index in [9.17, 15) is 237 Å². The zero-order chi connectivity index (χ0) is 99.4. The molecule has 0 aliphatic heterocycles. The SMILES string of the molecule is FC(F)(F)c1cc([PH+](c2cc(C(F)(F)F)cc(C(F)(F)F)c2)c2cc(C(F)(F)F)cc(C(F)(F)F)c2)cc(C(F)(F)F)c1.FC(F)(F)c1cc([PH+](c2cc(C(F)(F)F)cc(C(F)(F)F)c2)c2cc(C(F)(F)F)cc(C(F)(F)F)c2)cc(C(F)(F)F)c1.FC(F)(F)c1cc([PH+](c2cc(C(F)(F)F)cc(C(F)(F)F)c2)c2cc(C(F)(F)F)cc(C(F)(F)F)c2)cc(C(F)(F)F)c1.[Ni]. The van der Waals surface area contributed by atoms with Crippen LogP contribution in [0.3, 0.4) is 0 Å². The molecule has 9 aromatic rings. The van der Waals surface area contributed by atoms with Crippen LogP contribution in [0.1, 0.15) is 100 Å². The first-order valence-electron chi connectivity index (χ1n) is 32.5. The van der Waals surface area contributed by atoms with Gasteiger partial charge in [0, 0.05) is 16.5 Å². The Bertz CT molecular complexity index is 4170. The van der Waals surface area contributed by atoms with Gasteiger partial charge in [-0.15, -0.1) is 0 Å². The quantitative estimate of drug-likeness (QED) is 0.0768. The molecule has 130 heavy (non-hydrogen) atoms. The van der Waals surface area contributed by atoms with E-state index in [1.807, 2.05) is 0 Å². The van der Waals surface area contributed by atoms with Crippen LogP contribution in [-0.4, -0.2) is 0 Å². The molecular weight excluding hydrogens is 2040 g/mol. The minimum Gasteiger partial charge on any atom is -0.166 e. The second kappa shape index (κ2) is 36.4.